The Labute approximate surface area is 90.0 Å². The van der Waals surface area contributed by atoms with Crippen LogP contribution in [0.3, 0.4) is 0 Å². The van der Waals surface area contributed by atoms with Gasteiger partial charge in [-0.05, 0) is 23.8 Å². The quantitative estimate of drug-likeness (QED) is 0.758. The second-order valence-corrected chi connectivity index (χ2v) is 3.74. The minimum Gasteiger partial charge on any atom is -0.478 e. The van der Waals surface area contributed by atoms with E-state index < -0.39 is 5.97 Å². The summed E-state index contributed by atoms with van der Waals surface area (Å²) >= 11 is 3.29. The number of rotatable bonds is 3. The number of carboxylic acids is 1. The molecular weight excluding hydrogens is 248 g/mol. The molecule has 76 valence electrons. The maximum atomic E-state index is 10.7. The van der Waals surface area contributed by atoms with E-state index in [0.29, 0.717) is 5.56 Å². The molecule has 1 aromatic rings. The molecule has 0 saturated carbocycles. The Kier molecular flexibility index (Phi) is 3.62. The van der Waals surface area contributed by atoms with Crippen molar-refractivity contribution in [3.05, 3.63) is 33.8 Å². The average Bonchev–Trinajstić information content (AvgIpc) is 2.17. The Bertz CT molecular complexity index is 355. The molecule has 1 aromatic carbocycles. The molecule has 0 heterocycles. The predicted octanol–water partition coefficient (Wildman–Crippen LogP) is 1.11. The molecule has 0 aliphatic heterocycles. The lowest BCUT2D eigenvalue weighted by Crippen LogP contribution is -2.21. The molecule has 0 fully saturated rings. The number of carboxylic acid groups (broad SMARTS) is 1. The first-order valence-electron chi connectivity index (χ1n) is 4.04. The van der Waals surface area contributed by atoms with Crippen molar-refractivity contribution < 1.29 is 9.90 Å². The zero-order valence-corrected chi connectivity index (χ0v) is 8.99. The molecule has 4 nitrogen and oxygen atoms in total. The number of carbonyl (C=O) groups is 1. The third-order valence-corrected chi connectivity index (χ3v) is 2.62. The Morgan fingerprint density at radius 1 is 1.57 bits per heavy atom. The summed E-state index contributed by atoms with van der Waals surface area (Å²) in [5.41, 5.74) is 12.1. The molecule has 0 spiro atoms. The Morgan fingerprint density at radius 2 is 2.21 bits per heavy atom. The molecule has 0 aliphatic carbocycles. The fourth-order valence-corrected chi connectivity index (χ4v) is 1.63. The van der Waals surface area contributed by atoms with Crippen molar-refractivity contribution in [2.45, 2.75) is 6.04 Å². The Balaban J connectivity index is 3.14. The van der Waals surface area contributed by atoms with Crippen molar-refractivity contribution in [1.82, 2.24) is 0 Å². The summed E-state index contributed by atoms with van der Waals surface area (Å²) in [7, 11) is 0. The van der Waals surface area contributed by atoms with Crippen molar-refractivity contribution in [1.29, 1.82) is 0 Å². The molecule has 0 amide bonds. The highest BCUT2D eigenvalue weighted by molar-refractivity contribution is 9.10. The van der Waals surface area contributed by atoms with Gasteiger partial charge in [0.2, 0.25) is 0 Å². The maximum Gasteiger partial charge on any atom is 0.335 e. The fourth-order valence-electron chi connectivity index (χ4n) is 1.09. The number of hydrogen-bond donors (Lipinski definition) is 3. The topological polar surface area (TPSA) is 89.3 Å². The highest BCUT2D eigenvalue weighted by Gasteiger charge is 2.11. The van der Waals surface area contributed by atoms with Crippen LogP contribution in [0.1, 0.15) is 22.0 Å². The van der Waals surface area contributed by atoms with Gasteiger partial charge in [0, 0.05) is 17.1 Å². The number of nitrogens with two attached hydrogens (primary N) is 2. The highest BCUT2D eigenvalue weighted by Crippen LogP contribution is 2.22. The van der Waals surface area contributed by atoms with Gasteiger partial charge in [-0.1, -0.05) is 15.9 Å². The maximum absolute atomic E-state index is 10.7. The second-order valence-electron chi connectivity index (χ2n) is 2.88. The molecule has 0 saturated heterocycles. The first-order chi connectivity index (χ1) is 6.56. The van der Waals surface area contributed by atoms with Crippen LogP contribution in [0, 0.1) is 0 Å². The van der Waals surface area contributed by atoms with Gasteiger partial charge in [0.15, 0.2) is 0 Å². The van der Waals surface area contributed by atoms with E-state index in [2.05, 4.69) is 15.9 Å². The van der Waals surface area contributed by atoms with E-state index >= 15 is 0 Å². The third kappa shape index (κ3) is 2.31. The van der Waals surface area contributed by atoms with Gasteiger partial charge in [-0.2, -0.15) is 0 Å². The number of halogens is 1. The summed E-state index contributed by atoms with van der Waals surface area (Å²) < 4.78 is 0.778. The molecule has 5 N–H and O–H groups in total. The van der Waals surface area contributed by atoms with E-state index in [0.717, 1.165) is 4.47 Å². The molecule has 0 aromatic heterocycles. The monoisotopic (exact) mass is 258 g/mol. The van der Waals surface area contributed by atoms with Crippen LogP contribution in [-0.4, -0.2) is 17.6 Å². The highest BCUT2D eigenvalue weighted by atomic mass is 79.9. The van der Waals surface area contributed by atoms with Gasteiger partial charge in [0.25, 0.3) is 0 Å². The molecule has 1 atom stereocenters. The van der Waals surface area contributed by atoms with Gasteiger partial charge in [-0.15, -0.1) is 0 Å². The summed E-state index contributed by atoms with van der Waals surface area (Å²) in [6, 6.07) is 4.36. The minimum atomic E-state index is -0.969. The van der Waals surface area contributed by atoms with Crippen LogP contribution in [0.4, 0.5) is 0 Å². The van der Waals surface area contributed by atoms with Crippen molar-refractivity contribution in [3.63, 3.8) is 0 Å². The third-order valence-electron chi connectivity index (χ3n) is 1.90. The van der Waals surface area contributed by atoms with Gasteiger partial charge in [0.05, 0.1) is 5.56 Å². The van der Waals surface area contributed by atoms with Gasteiger partial charge in [-0.3, -0.25) is 0 Å². The number of hydrogen-bond acceptors (Lipinski definition) is 3. The average molecular weight is 259 g/mol. The molecule has 1 rings (SSSR count). The minimum absolute atomic E-state index is 0.215. The molecule has 0 radical (unpaired) electrons. The molecule has 0 aliphatic rings. The Hall–Kier alpha value is -0.910. The van der Waals surface area contributed by atoms with E-state index in [1.807, 2.05) is 0 Å². The SMILES string of the molecule is NCC(N)c1cc(C(=O)O)ccc1Br. The molecule has 14 heavy (non-hydrogen) atoms. The van der Waals surface area contributed by atoms with Crippen LogP contribution in [0.5, 0.6) is 0 Å². The summed E-state index contributed by atoms with van der Waals surface area (Å²) in [5.74, 6) is -0.969. The van der Waals surface area contributed by atoms with Crippen molar-refractivity contribution in [2.24, 2.45) is 11.5 Å². The standard InChI is InChI=1S/C9H11BrN2O2/c10-7-2-1-5(9(13)14)3-6(7)8(12)4-11/h1-3,8H,4,11-12H2,(H,13,14). The number of aromatic carboxylic acids is 1. The van der Waals surface area contributed by atoms with E-state index in [9.17, 15) is 4.79 Å². The summed E-state index contributed by atoms with van der Waals surface area (Å²) in [4.78, 5) is 10.7. The first-order valence-corrected chi connectivity index (χ1v) is 4.84. The summed E-state index contributed by atoms with van der Waals surface area (Å²) in [5, 5.41) is 8.77. The Morgan fingerprint density at radius 3 is 2.71 bits per heavy atom. The molecular formula is C9H11BrN2O2. The van der Waals surface area contributed by atoms with Gasteiger partial charge in [0.1, 0.15) is 0 Å². The van der Waals surface area contributed by atoms with Crippen LogP contribution in [-0.2, 0) is 0 Å². The lowest BCUT2D eigenvalue weighted by Gasteiger charge is -2.11. The fraction of sp³-hybridized carbons (Fsp3) is 0.222. The van der Waals surface area contributed by atoms with Crippen LogP contribution < -0.4 is 11.5 Å². The van der Waals surface area contributed by atoms with E-state index in [-0.39, 0.29) is 18.2 Å². The van der Waals surface area contributed by atoms with E-state index in [4.69, 9.17) is 16.6 Å². The first kappa shape index (κ1) is 11.2. The second kappa shape index (κ2) is 4.54. The van der Waals surface area contributed by atoms with Crippen LogP contribution in [0.25, 0.3) is 0 Å². The van der Waals surface area contributed by atoms with Gasteiger partial charge in [-0.25, -0.2) is 4.79 Å². The lowest BCUT2D eigenvalue weighted by atomic mass is 10.0. The lowest BCUT2D eigenvalue weighted by molar-refractivity contribution is 0.0696. The zero-order chi connectivity index (χ0) is 10.7. The number of benzene rings is 1. The summed E-state index contributed by atoms with van der Waals surface area (Å²) in [6.45, 7) is 0.279. The van der Waals surface area contributed by atoms with Crippen molar-refractivity contribution in [2.75, 3.05) is 6.54 Å². The van der Waals surface area contributed by atoms with E-state index in [1.54, 1.807) is 6.07 Å². The van der Waals surface area contributed by atoms with Crippen molar-refractivity contribution in [3.8, 4) is 0 Å². The van der Waals surface area contributed by atoms with E-state index in [1.165, 1.54) is 12.1 Å². The molecule has 0 bridgehead atoms. The molecule has 5 heteroatoms. The summed E-state index contributed by atoms with van der Waals surface area (Å²) in [6.07, 6.45) is 0. The van der Waals surface area contributed by atoms with Gasteiger partial charge >= 0.3 is 5.97 Å². The smallest absolute Gasteiger partial charge is 0.335 e. The van der Waals surface area contributed by atoms with Crippen LogP contribution >= 0.6 is 15.9 Å². The van der Waals surface area contributed by atoms with Crippen LogP contribution in [0.15, 0.2) is 22.7 Å². The molecule has 1 unspecified atom stereocenters. The van der Waals surface area contributed by atoms with Crippen LogP contribution in [0.2, 0.25) is 0 Å². The predicted molar refractivity (Wildman–Crippen MR) is 57.1 cm³/mol. The normalized spacial score (nSPS) is 12.5. The largest absolute Gasteiger partial charge is 0.478 e. The zero-order valence-electron chi connectivity index (χ0n) is 7.40. The van der Waals surface area contributed by atoms with Crippen molar-refractivity contribution >= 4 is 21.9 Å². The van der Waals surface area contributed by atoms with Gasteiger partial charge < -0.3 is 16.6 Å².